The van der Waals surface area contributed by atoms with Crippen LogP contribution in [-0.4, -0.2) is 32.2 Å². The Balaban J connectivity index is 1.87. The summed E-state index contributed by atoms with van der Waals surface area (Å²) in [5.41, 5.74) is 1.40. The Bertz CT molecular complexity index is 986. The number of benzene rings is 2. The molecule has 0 aliphatic carbocycles. The van der Waals surface area contributed by atoms with E-state index < -0.39 is 6.10 Å². The number of hydrogen-bond acceptors (Lipinski definition) is 6. The molecule has 0 amide bonds. The van der Waals surface area contributed by atoms with Crippen LogP contribution in [0.1, 0.15) is 108 Å². The van der Waals surface area contributed by atoms with Gasteiger partial charge in [0.05, 0.1) is 32.8 Å². The molecular weight excluding hydrogens is 468 g/mol. The number of carbonyl (C=O) groups excluding carboxylic acids is 1. The molecule has 1 aliphatic heterocycles. The zero-order valence-electron chi connectivity index (χ0n) is 23.1. The predicted molar refractivity (Wildman–Crippen MR) is 147 cm³/mol. The first kappa shape index (κ1) is 28.7. The number of Topliss-reactive ketones (excluding diaryl/α,β-unsaturated/α-hetero) is 1. The van der Waals surface area contributed by atoms with Crippen LogP contribution in [0.3, 0.4) is 0 Å². The lowest BCUT2D eigenvalue weighted by atomic mass is 9.95. The quantitative estimate of drug-likeness (QED) is 0.200. The Hall–Kier alpha value is -2.89. The van der Waals surface area contributed by atoms with Gasteiger partial charge < -0.3 is 23.7 Å². The SMILES string of the molecule is CCCCOc1cc(OCCCC)c2c(c1)OC(c1ccc(OCCCC)c(OCCCC)c1)CC2=O. The zero-order chi connectivity index (χ0) is 26.5. The topological polar surface area (TPSA) is 63.2 Å². The molecule has 0 radical (unpaired) electrons. The van der Waals surface area contributed by atoms with Gasteiger partial charge in [0.15, 0.2) is 17.3 Å². The Morgan fingerprint density at radius 2 is 1.27 bits per heavy atom. The first-order valence-electron chi connectivity index (χ1n) is 14.1. The van der Waals surface area contributed by atoms with Crippen molar-refractivity contribution in [1.82, 2.24) is 0 Å². The molecule has 0 spiro atoms. The number of fused-ring (bicyclic) bond motifs is 1. The van der Waals surface area contributed by atoms with Gasteiger partial charge in [-0.1, -0.05) is 59.4 Å². The van der Waals surface area contributed by atoms with Crippen LogP contribution in [0.15, 0.2) is 30.3 Å². The van der Waals surface area contributed by atoms with E-state index in [9.17, 15) is 4.79 Å². The van der Waals surface area contributed by atoms with Crippen LogP contribution in [-0.2, 0) is 0 Å². The first-order chi connectivity index (χ1) is 18.1. The number of unbranched alkanes of at least 4 members (excludes halogenated alkanes) is 4. The molecule has 1 heterocycles. The molecule has 0 saturated heterocycles. The maximum absolute atomic E-state index is 13.4. The molecule has 2 aromatic carbocycles. The number of ketones is 1. The van der Waals surface area contributed by atoms with Crippen molar-refractivity contribution >= 4 is 5.78 Å². The van der Waals surface area contributed by atoms with Crippen molar-refractivity contribution in [2.24, 2.45) is 0 Å². The van der Waals surface area contributed by atoms with Gasteiger partial charge in [0.2, 0.25) is 0 Å². The first-order valence-corrected chi connectivity index (χ1v) is 14.1. The van der Waals surface area contributed by atoms with Gasteiger partial charge in [-0.05, 0) is 43.4 Å². The third kappa shape index (κ3) is 8.31. The summed E-state index contributed by atoms with van der Waals surface area (Å²) in [6, 6.07) is 9.51. The summed E-state index contributed by atoms with van der Waals surface area (Å²) in [6.07, 6.45) is 7.81. The van der Waals surface area contributed by atoms with E-state index in [0.717, 1.165) is 62.7 Å². The highest BCUT2D eigenvalue weighted by molar-refractivity contribution is 6.02. The fourth-order valence-corrected chi connectivity index (χ4v) is 4.05. The van der Waals surface area contributed by atoms with Crippen LogP contribution >= 0.6 is 0 Å². The number of rotatable bonds is 17. The van der Waals surface area contributed by atoms with E-state index in [0.29, 0.717) is 55.0 Å². The molecule has 1 aliphatic rings. The number of carbonyl (C=O) groups is 1. The van der Waals surface area contributed by atoms with Crippen molar-refractivity contribution in [3.05, 3.63) is 41.5 Å². The Kier molecular flexibility index (Phi) is 11.9. The maximum Gasteiger partial charge on any atom is 0.174 e. The van der Waals surface area contributed by atoms with Gasteiger partial charge in [-0.3, -0.25) is 4.79 Å². The lowest BCUT2D eigenvalue weighted by Gasteiger charge is -2.28. The highest BCUT2D eigenvalue weighted by Crippen LogP contribution is 2.43. The summed E-state index contributed by atoms with van der Waals surface area (Å²) in [4.78, 5) is 13.4. The van der Waals surface area contributed by atoms with Crippen LogP contribution in [0.25, 0.3) is 0 Å². The van der Waals surface area contributed by atoms with Crippen molar-refractivity contribution in [2.75, 3.05) is 26.4 Å². The second-order valence-corrected chi connectivity index (χ2v) is 9.54. The third-order valence-electron chi connectivity index (χ3n) is 6.33. The summed E-state index contributed by atoms with van der Waals surface area (Å²) in [5, 5.41) is 0. The molecule has 204 valence electrons. The molecule has 1 atom stereocenters. The van der Waals surface area contributed by atoms with Crippen LogP contribution in [0.2, 0.25) is 0 Å². The number of hydrogen-bond donors (Lipinski definition) is 0. The number of ether oxygens (including phenoxy) is 5. The van der Waals surface area contributed by atoms with Gasteiger partial charge in [-0.2, -0.15) is 0 Å². The molecule has 37 heavy (non-hydrogen) atoms. The Labute approximate surface area is 222 Å². The maximum atomic E-state index is 13.4. The van der Waals surface area contributed by atoms with Gasteiger partial charge in [0.1, 0.15) is 28.9 Å². The minimum atomic E-state index is -0.424. The van der Waals surface area contributed by atoms with Gasteiger partial charge >= 0.3 is 0 Å². The molecule has 1 unspecified atom stereocenters. The summed E-state index contributed by atoms with van der Waals surface area (Å²) >= 11 is 0. The van der Waals surface area contributed by atoms with Crippen LogP contribution in [0, 0.1) is 0 Å². The third-order valence-corrected chi connectivity index (χ3v) is 6.33. The second kappa shape index (κ2) is 15.4. The van der Waals surface area contributed by atoms with Crippen molar-refractivity contribution in [1.29, 1.82) is 0 Å². The largest absolute Gasteiger partial charge is 0.493 e. The normalized spacial score (nSPS) is 14.6. The van der Waals surface area contributed by atoms with E-state index in [1.165, 1.54) is 0 Å². The van der Waals surface area contributed by atoms with Crippen molar-refractivity contribution < 1.29 is 28.5 Å². The van der Waals surface area contributed by atoms with Crippen molar-refractivity contribution in [2.45, 2.75) is 91.6 Å². The smallest absolute Gasteiger partial charge is 0.174 e. The molecule has 2 aromatic rings. The van der Waals surface area contributed by atoms with Gasteiger partial charge in [-0.15, -0.1) is 0 Å². The molecule has 6 nitrogen and oxygen atoms in total. The average molecular weight is 513 g/mol. The van der Waals surface area contributed by atoms with E-state index in [-0.39, 0.29) is 12.2 Å². The van der Waals surface area contributed by atoms with Gasteiger partial charge in [0, 0.05) is 12.1 Å². The van der Waals surface area contributed by atoms with Crippen LogP contribution in [0.5, 0.6) is 28.7 Å². The summed E-state index contributed by atoms with van der Waals surface area (Å²) in [5.74, 6) is 3.16. The Morgan fingerprint density at radius 3 is 1.89 bits per heavy atom. The van der Waals surface area contributed by atoms with E-state index in [2.05, 4.69) is 27.7 Å². The molecule has 0 saturated carbocycles. The van der Waals surface area contributed by atoms with E-state index in [1.807, 2.05) is 30.3 Å². The highest BCUT2D eigenvalue weighted by atomic mass is 16.5. The van der Waals surface area contributed by atoms with Gasteiger partial charge in [0.25, 0.3) is 0 Å². The lowest BCUT2D eigenvalue weighted by molar-refractivity contribution is 0.0841. The molecular formula is C31H44O6. The predicted octanol–water partition coefficient (Wildman–Crippen LogP) is 8.11. The minimum Gasteiger partial charge on any atom is -0.493 e. The molecule has 0 aromatic heterocycles. The molecule has 0 fully saturated rings. The van der Waals surface area contributed by atoms with E-state index >= 15 is 0 Å². The van der Waals surface area contributed by atoms with Crippen molar-refractivity contribution in [3.63, 3.8) is 0 Å². The summed E-state index contributed by atoms with van der Waals surface area (Å²) in [7, 11) is 0. The standard InChI is InChI=1S/C31H44O6/c1-5-9-15-33-24-20-29(36-18-12-8-4)31-25(32)22-27(37-30(31)21-24)23-13-14-26(34-16-10-6-2)28(19-23)35-17-11-7-3/h13-14,19-21,27H,5-12,15-18,22H2,1-4H3. The molecule has 0 N–H and O–H groups in total. The highest BCUT2D eigenvalue weighted by Gasteiger charge is 2.32. The fourth-order valence-electron chi connectivity index (χ4n) is 4.05. The second-order valence-electron chi connectivity index (χ2n) is 9.54. The lowest BCUT2D eigenvalue weighted by Crippen LogP contribution is -2.22. The van der Waals surface area contributed by atoms with Gasteiger partial charge in [-0.25, -0.2) is 0 Å². The van der Waals surface area contributed by atoms with Crippen molar-refractivity contribution in [3.8, 4) is 28.7 Å². The van der Waals surface area contributed by atoms with E-state index in [4.69, 9.17) is 23.7 Å². The fraction of sp³-hybridized carbons (Fsp3) is 0.581. The summed E-state index contributed by atoms with van der Waals surface area (Å²) in [6.45, 7) is 10.9. The minimum absolute atomic E-state index is 0.00887. The molecule has 0 bridgehead atoms. The Morgan fingerprint density at radius 1 is 0.703 bits per heavy atom. The molecule has 3 rings (SSSR count). The average Bonchev–Trinajstić information content (AvgIpc) is 2.89. The van der Waals surface area contributed by atoms with Crippen LogP contribution in [0.4, 0.5) is 0 Å². The zero-order valence-corrected chi connectivity index (χ0v) is 23.1. The van der Waals surface area contributed by atoms with Crippen LogP contribution < -0.4 is 23.7 Å². The summed E-state index contributed by atoms with van der Waals surface area (Å²) < 4.78 is 30.5. The van der Waals surface area contributed by atoms with E-state index in [1.54, 1.807) is 0 Å². The monoisotopic (exact) mass is 512 g/mol. The molecule has 6 heteroatoms.